The highest BCUT2D eigenvalue weighted by molar-refractivity contribution is 5.80. The molecule has 2 N–H and O–H groups in total. The maximum Gasteiger partial charge on any atom is 0.234 e. The Hall–Kier alpha value is -1.35. The van der Waals surface area contributed by atoms with Crippen LogP contribution in [0.5, 0.6) is 0 Å². The van der Waals surface area contributed by atoms with Gasteiger partial charge in [-0.3, -0.25) is 9.69 Å². The molecule has 0 aromatic heterocycles. The maximum atomic E-state index is 11.2. The molecule has 0 aliphatic carbocycles. The van der Waals surface area contributed by atoms with Gasteiger partial charge in [-0.25, -0.2) is 0 Å². The zero-order valence-corrected chi connectivity index (χ0v) is 10.8. The van der Waals surface area contributed by atoms with Gasteiger partial charge in [-0.15, -0.1) is 0 Å². The second-order valence-corrected chi connectivity index (χ2v) is 5.04. The standard InChI is InChI=1S/C15H22N2O/c16-15(18)14-10-6-12-17(14)11-5-4-9-13-7-2-1-3-8-13/h1-3,7-8,14H,4-6,9-12H2,(H2,16,18)/t14-/m1/s1. The highest BCUT2D eigenvalue weighted by Gasteiger charge is 2.27. The van der Waals surface area contributed by atoms with Gasteiger partial charge in [-0.2, -0.15) is 0 Å². The molecule has 18 heavy (non-hydrogen) atoms. The summed E-state index contributed by atoms with van der Waals surface area (Å²) in [5.41, 5.74) is 6.80. The Bertz CT molecular complexity index is 377. The minimum atomic E-state index is -0.157. The number of hydrogen-bond donors (Lipinski definition) is 1. The van der Waals surface area contributed by atoms with Gasteiger partial charge in [0.1, 0.15) is 0 Å². The lowest BCUT2D eigenvalue weighted by atomic mass is 10.1. The fraction of sp³-hybridized carbons (Fsp3) is 0.533. The highest BCUT2D eigenvalue weighted by atomic mass is 16.1. The molecule has 0 radical (unpaired) electrons. The molecule has 1 saturated heterocycles. The van der Waals surface area contributed by atoms with Crippen molar-refractivity contribution in [2.45, 2.75) is 38.1 Å². The van der Waals surface area contributed by atoms with Crippen LogP contribution in [0.2, 0.25) is 0 Å². The van der Waals surface area contributed by atoms with Gasteiger partial charge in [0.05, 0.1) is 6.04 Å². The van der Waals surface area contributed by atoms with Crippen LogP contribution in [0.4, 0.5) is 0 Å². The second kappa shape index (κ2) is 6.55. The number of carbonyl (C=O) groups excluding carboxylic acids is 1. The van der Waals surface area contributed by atoms with Gasteiger partial charge in [0.15, 0.2) is 0 Å². The first-order valence-corrected chi connectivity index (χ1v) is 6.84. The van der Waals surface area contributed by atoms with Crippen LogP contribution >= 0.6 is 0 Å². The van der Waals surface area contributed by atoms with Crippen LogP contribution in [0.3, 0.4) is 0 Å². The van der Waals surface area contributed by atoms with Crippen LogP contribution in [-0.2, 0) is 11.2 Å². The van der Waals surface area contributed by atoms with Crippen LogP contribution < -0.4 is 5.73 Å². The van der Waals surface area contributed by atoms with E-state index in [1.807, 2.05) is 6.07 Å². The third-order valence-corrected chi connectivity index (χ3v) is 3.70. The van der Waals surface area contributed by atoms with Gasteiger partial charge in [0.2, 0.25) is 5.91 Å². The van der Waals surface area contributed by atoms with Gasteiger partial charge in [0, 0.05) is 0 Å². The van der Waals surface area contributed by atoms with E-state index in [0.29, 0.717) is 0 Å². The smallest absolute Gasteiger partial charge is 0.234 e. The SMILES string of the molecule is NC(=O)[C@H]1CCCN1CCCCc1ccccc1. The molecule has 1 fully saturated rings. The zero-order valence-electron chi connectivity index (χ0n) is 10.8. The topological polar surface area (TPSA) is 46.3 Å². The third kappa shape index (κ3) is 3.57. The summed E-state index contributed by atoms with van der Waals surface area (Å²) in [4.78, 5) is 13.5. The molecule has 1 amide bonds. The summed E-state index contributed by atoms with van der Waals surface area (Å²) in [6.07, 6.45) is 5.47. The molecule has 3 nitrogen and oxygen atoms in total. The normalized spacial score (nSPS) is 20.1. The lowest BCUT2D eigenvalue weighted by Gasteiger charge is -2.21. The molecule has 0 saturated carbocycles. The molecule has 1 aromatic rings. The van der Waals surface area contributed by atoms with Gasteiger partial charge in [-0.1, -0.05) is 30.3 Å². The largest absolute Gasteiger partial charge is 0.368 e. The molecule has 1 aliphatic heterocycles. The number of aryl methyl sites for hydroxylation is 1. The summed E-state index contributed by atoms with van der Waals surface area (Å²) < 4.78 is 0. The number of rotatable bonds is 6. The van der Waals surface area contributed by atoms with Crippen LogP contribution in [0.15, 0.2) is 30.3 Å². The van der Waals surface area contributed by atoms with E-state index >= 15 is 0 Å². The number of hydrogen-bond acceptors (Lipinski definition) is 2. The Morgan fingerprint density at radius 1 is 1.28 bits per heavy atom. The Labute approximate surface area is 109 Å². The van der Waals surface area contributed by atoms with Crippen molar-refractivity contribution in [3.63, 3.8) is 0 Å². The van der Waals surface area contributed by atoms with Crippen LogP contribution in [0.25, 0.3) is 0 Å². The Morgan fingerprint density at radius 3 is 2.78 bits per heavy atom. The first kappa shape index (κ1) is 13.1. The molecule has 0 unspecified atom stereocenters. The summed E-state index contributed by atoms with van der Waals surface area (Å²) in [6.45, 7) is 2.03. The van der Waals surface area contributed by atoms with Crippen molar-refractivity contribution in [2.24, 2.45) is 5.73 Å². The van der Waals surface area contributed by atoms with E-state index in [2.05, 4.69) is 29.2 Å². The quantitative estimate of drug-likeness (QED) is 0.780. The molecular weight excluding hydrogens is 224 g/mol. The van der Waals surface area contributed by atoms with E-state index in [4.69, 9.17) is 5.73 Å². The predicted octanol–water partition coefficient (Wildman–Crippen LogP) is 1.96. The fourth-order valence-corrected chi connectivity index (χ4v) is 2.70. The van der Waals surface area contributed by atoms with Gasteiger partial charge in [0.25, 0.3) is 0 Å². The van der Waals surface area contributed by atoms with Crippen LogP contribution in [0, 0.1) is 0 Å². The molecular formula is C15H22N2O. The Morgan fingerprint density at radius 2 is 2.06 bits per heavy atom. The van der Waals surface area contributed by atoms with Crippen molar-refractivity contribution in [3.05, 3.63) is 35.9 Å². The van der Waals surface area contributed by atoms with Crippen molar-refractivity contribution >= 4 is 5.91 Å². The molecule has 1 aliphatic rings. The first-order chi connectivity index (χ1) is 8.77. The minimum Gasteiger partial charge on any atom is -0.368 e. The number of unbranched alkanes of at least 4 members (excludes halogenated alkanes) is 1. The minimum absolute atomic E-state index is 0.0123. The van der Waals surface area contributed by atoms with E-state index in [-0.39, 0.29) is 11.9 Å². The number of carbonyl (C=O) groups is 1. The second-order valence-electron chi connectivity index (χ2n) is 5.04. The van der Waals surface area contributed by atoms with E-state index in [1.165, 1.54) is 12.0 Å². The molecule has 3 heteroatoms. The molecule has 1 atom stereocenters. The van der Waals surface area contributed by atoms with Crippen LogP contribution in [0.1, 0.15) is 31.2 Å². The van der Waals surface area contributed by atoms with Gasteiger partial charge in [-0.05, 0) is 50.8 Å². The van der Waals surface area contributed by atoms with Crippen molar-refractivity contribution in [1.29, 1.82) is 0 Å². The van der Waals surface area contributed by atoms with E-state index < -0.39 is 0 Å². The predicted molar refractivity (Wildman–Crippen MR) is 73.2 cm³/mol. The van der Waals surface area contributed by atoms with Crippen molar-refractivity contribution in [2.75, 3.05) is 13.1 Å². The Balaban J connectivity index is 1.68. The summed E-state index contributed by atoms with van der Waals surface area (Å²) >= 11 is 0. The first-order valence-electron chi connectivity index (χ1n) is 6.84. The number of likely N-dealkylation sites (tertiary alicyclic amines) is 1. The number of nitrogens with two attached hydrogens (primary N) is 1. The van der Waals surface area contributed by atoms with Crippen molar-refractivity contribution in [1.82, 2.24) is 4.90 Å². The van der Waals surface area contributed by atoms with E-state index in [9.17, 15) is 4.79 Å². The average Bonchev–Trinajstić information content (AvgIpc) is 2.84. The molecule has 0 spiro atoms. The monoisotopic (exact) mass is 246 g/mol. The van der Waals surface area contributed by atoms with E-state index in [0.717, 1.165) is 38.8 Å². The summed E-state index contributed by atoms with van der Waals surface area (Å²) in [5, 5.41) is 0. The average molecular weight is 246 g/mol. The lowest BCUT2D eigenvalue weighted by Crippen LogP contribution is -2.40. The lowest BCUT2D eigenvalue weighted by molar-refractivity contribution is -0.122. The number of amides is 1. The molecule has 2 rings (SSSR count). The molecule has 1 aromatic carbocycles. The van der Waals surface area contributed by atoms with Gasteiger partial charge >= 0.3 is 0 Å². The molecule has 0 bridgehead atoms. The molecule has 1 heterocycles. The molecule has 98 valence electrons. The van der Waals surface area contributed by atoms with Crippen molar-refractivity contribution < 1.29 is 4.79 Å². The van der Waals surface area contributed by atoms with Gasteiger partial charge < -0.3 is 5.73 Å². The summed E-state index contributed by atoms with van der Waals surface area (Å²) in [5.74, 6) is -0.157. The summed E-state index contributed by atoms with van der Waals surface area (Å²) in [7, 11) is 0. The van der Waals surface area contributed by atoms with Crippen LogP contribution in [-0.4, -0.2) is 29.9 Å². The zero-order chi connectivity index (χ0) is 12.8. The third-order valence-electron chi connectivity index (χ3n) is 3.70. The van der Waals surface area contributed by atoms with E-state index in [1.54, 1.807) is 0 Å². The number of benzene rings is 1. The van der Waals surface area contributed by atoms with Crippen molar-refractivity contribution in [3.8, 4) is 0 Å². The maximum absolute atomic E-state index is 11.2. The highest BCUT2D eigenvalue weighted by Crippen LogP contribution is 2.17. The Kier molecular flexibility index (Phi) is 4.76. The number of primary amides is 1. The number of nitrogens with zero attached hydrogens (tertiary/aromatic N) is 1. The fourth-order valence-electron chi connectivity index (χ4n) is 2.70. The summed E-state index contributed by atoms with van der Waals surface area (Å²) in [6, 6.07) is 10.5.